The molecular formula is C18H18N2O3S. The van der Waals surface area contributed by atoms with Gasteiger partial charge >= 0.3 is 0 Å². The summed E-state index contributed by atoms with van der Waals surface area (Å²) in [5, 5.41) is 5.62. The highest BCUT2D eigenvalue weighted by Crippen LogP contribution is 2.32. The van der Waals surface area contributed by atoms with E-state index in [1.807, 2.05) is 24.5 Å². The molecular weight excluding hydrogens is 324 g/mol. The minimum Gasteiger partial charge on any atom is -0.479 e. The van der Waals surface area contributed by atoms with Crippen LogP contribution in [0.3, 0.4) is 0 Å². The Labute approximate surface area is 144 Å². The summed E-state index contributed by atoms with van der Waals surface area (Å²) in [5.41, 5.74) is 2.88. The van der Waals surface area contributed by atoms with E-state index in [1.54, 1.807) is 43.0 Å². The molecule has 0 unspecified atom stereocenters. The molecule has 2 N–H and O–H groups in total. The van der Waals surface area contributed by atoms with Gasteiger partial charge in [-0.2, -0.15) is 11.8 Å². The highest BCUT2D eigenvalue weighted by Gasteiger charge is 2.23. The van der Waals surface area contributed by atoms with Gasteiger partial charge in [0.1, 0.15) is 5.75 Å². The van der Waals surface area contributed by atoms with Crippen LogP contribution in [0.1, 0.15) is 22.8 Å². The van der Waals surface area contributed by atoms with Crippen molar-refractivity contribution in [1.29, 1.82) is 0 Å². The normalized spacial score (nSPS) is 15.9. The topological polar surface area (TPSA) is 67.4 Å². The fraction of sp³-hybridized carbons (Fsp3) is 0.222. The summed E-state index contributed by atoms with van der Waals surface area (Å²) in [4.78, 5) is 24.1. The SMILES string of the molecule is CSCc1cccc(C(=O)Nc2ccc3c(c2)NC(=O)[C@@H](C)O3)c1. The van der Waals surface area contributed by atoms with E-state index in [4.69, 9.17) is 4.74 Å². The van der Waals surface area contributed by atoms with E-state index in [-0.39, 0.29) is 11.8 Å². The molecule has 1 atom stereocenters. The van der Waals surface area contributed by atoms with Gasteiger partial charge < -0.3 is 15.4 Å². The lowest BCUT2D eigenvalue weighted by Gasteiger charge is -2.23. The number of rotatable bonds is 4. The van der Waals surface area contributed by atoms with Crippen molar-refractivity contribution in [2.45, 2.75) is 18.8 Å². The van der Waals surface area contributed by atoms with Gasteiger partial charge in [0, 0.05) is 17.0 Å². The number of fused-ring (bicyclic) bond motifs is 1. The summed E-state index contributed by atoms with van der Waals surface area (Å²) < 4.78 is 5.50. The molecule has 0 saturated heterocycles. The number of amides is 2. The maximum absolute atomic E-state index is 12.4. The van der Waals surface area contributed by atoms with Gasteiger partial charge in [-0.25, -0.2) is 0 Å². The lowest BCUT2D eigenvalue weighted by molar-refractivity contribution is -0.122. The van der Waals surface area contributed by atoms with Gasteiger partial charge in [-0.05, 0) is 49.1 Å². The van der Waals surface area contributed by atoms with Crippen molar-refractivity contribution in [2.75, 3.05) is 16.9 Å². The van der Waals surface area contributed by atoms with Gasteiger partial charge in [0.25, 0.3) is 11.8 Å². The molecule has 2 amide bonds. The average molecular weight is 342 g/mol. The minimum absolute atomic E-state index is 0.186. The molecule has 124 valence electrons. The lowest BCUT2D eigenvalue weighted by Crippen LogP contribution is -2.34. The van der Waals surface area contributed by atoms with Crippen molar-refractivity contribution in [3.05, 3.63) is 53.6 Å². The van der Waals surface area contributed by atoms with Crippen molar-refractivity contribution in [1.82, 2.24) is 0 Å². The van der Waals surface area contributed by atoms with Gasteiger partial charge in [-0.1, -0.05) is 12.1 Å². The number of ether oxygens (including phenoxy) is 1. The summed E-state index contributed by atoms with van der Waals surface area (Å²) in [6.07, 6.45) is 1.51. The van der Waals surface area contributed by atoms with Crippen molar-refractivity contribution in [3.63, 3.8) is 0 Å². The first-order valence-corrected chi connectivity index (χ1v) is 8.97. The predicted octanol–water partition coefficient (Wildman–Crippen LogP) is 3.52. The Morgan fingerprint density at radius 1 is 1.29 bits per heavy atom. The molecule has 0 fully saturated rings. The van der Waals surface area contributed by atoms with Gasteiger partial charge in [0.05, 0.1) is 5.69 Å². The van der Waals surface area contributed by atoms with E-state index in [9.17, 15) is 9.59 Å². The van der Waals surface area contributed by atoms with Gasteiger partial charge in [-0.15, -0.1) is 0 Å². The summed E-state index contributed by atoms with van der Waals surface area (Å²) in [7, 11) is 0. The molecule has 6 heteroatoms. The smallest absolute Gasteiger partial charge is 0.265 e. The van der Waals surface area contributed by atoms with Crippen LogP contribution < -0.4 is 15.4 Å². The molecule has 0 spiro atoms. The third-order valence-corrected chi connectivity index (χ3v) is 4.29. The average Bonchev–Trinajstić information content (AvgIpc) is 2.57. The third-order valence-electron chi connectivity index (χ3n) is 3.67. The number of thioether (sulfide) groups is 1. The van der Waals surface area contributed by atoms with Crippen LogP contribution in [0.2, 0.25) is 0 Å². The fourth-order valence-electron chi connectivity index (χ4n) is 2.46. The number of nitrogens with one attached hydrogen (secondary N) is 2. The largest absolute Gasteiger partial charge is 0.479 e. The second kappa shape index (κ2) is 6.97. The lowest BCUT2D eigenvalue weighted by atomic mass is 10.1. The number of benzene rings is 2. The van der Waals surface area contributed by atoms with Crippen LogP contribution in [0, 0.1) is 0 Å². The molecule has 2 aromatic rings. The predicted molar refractivity (Wildman–Crippen MR) is 96.8 cm³/mol. The Balaban J connectivity index is 1.77. The maximum atomic E-state index is 12.4. The van der Waals surface area contributed by atoms with E-state index < -0.39 is 6.10 Å². The second-order valence-electron chi connectivity index (χ2n) is 5.55. The minimum atomic E-state index is -0.517. The Kier molecular flexibility index (Phi) is 4.76. The summed E-state index contributed by atoms with van der Waals surface area (Å²) in [6.45, 7) is 1.69. The van der Waals surface area contributed by atoms with Crippen molar-refractivity contribution in [3.8, 4) is 5.75 Å². The molecule has 5 nitrogen and oxygen atoms in total. The third kappa shape index (κ3) is 3.54. The van der Waals surface area contributed by atoms with E-state index in [0.717, 1.165) is 11.3 Å². The molecule has 24 heavy (non-hydrogen) atoms. The first kappa shape index (κ1) is 16.4. The number of anilines is 2. The Morgan fingerprint density at radius 2 is 2.12 bits per heavy atom. The van der Waals surface area contributed by atoms with Crippen LogP contribution in [-0.2, 0) is 10.5 Å². The molecule has 1 heterocycles. The van der Waals surface area contributed by atoms with Crippen LogP contribution in [-0.4, -0.2) is 24.2 Å². The molecule has 0 aliphatic carbocycles. The number of carbonyl (C=O) groups excluding carboxylic acids is 2. The van der Waals surface area contributed by atoms with Crippen LogP contribution in [0.25, 0.3) is 0 Å². The van der Waals surface area contributed by atoms with Crippen LogP contribution >= 0.6 is 11.8 Å². The number of carbonyl (C=O) groups is 2. The van der Waals surface area contributed by atoms with E-state index in [0.29, 0.717) is 22.7 Å². The Bertz CT molecular complexity index is 792. The molecule has 2 aromatic carbocycles. The monoisotopic (exact) mass is 342 g/mol. The maximum Gasteiger partial charge on any atom is 0.265 e. The van der Waals surface area contributed by atoms with Crippen LogP contribution in [0.15, 0.2) is 42.5 Å². The molecule has 0 saturated carbocycles. The van der Waals surface area contributed by atoms with E-state index in [1.165, 1.54) is 0 Å². The molecule has 0 aromatic heterocycles. The standard InChI is InChI=1S/C18H18N2O3S/c1-11-17(21)20-15-9-14(6-7-16(15)23-11)19-18(22)13-5-3-4-12(8-13)10-24-2/h3-9,11H,10H2,1-2H3,(H,19,22)(H,20,21)/t11-/m1/s1. The quantitative estimate of drug-likeness (QED) is 0.892. The molecule has 0 bridgehead atoms. The molecule has 1 aliphatic rings. The number of hydrogen-bond donors (Lipinski definition) is 2. The van der Waals surface area contributed by atoms with Crippen LogP contribution in [0.4, 0.5) is 11.4 Å². The zero-order valence-corrected chi connectivity index (χ0v) is 14.3. The van der Waals surface area contributed by atoms with E-state index >= 15 is 0 Å². The highest BCUT2D eigenvalue weighted by atomic mass is 32.2. The van der Waals surface area contributed by atoms with E-state index in [2.05, 4.69) is 10.6 Å². The highest BCUT2D eigenvalue weighted by molar-refractivity contribution is 7.97. The zero-order chi connectivity index (χ0) is 17.1. The first-order chi connectivity index (χ1) is 11.6. The molecule has 0 radical (unpaired) electrons. The Hall–Kier alpha value is -2.47. The van der Waals surface area contributed by atoms with Crippen molar-refractivity contribution < 1.29 is 14.3 Å². The van der Waals surface area contributed by atoms with Crippen molar-refractivity contribution >= 4 is 35.0 Å². The second-order valence-corrected chi connectivity index (χ2v) is 6.41. The van der Waals surface area contributed by atoms with Crippen molar-refractivity contribution in [2.24, 2.45) is 0 Å². The Morgan fingerprint density at radius 3 is 2.92 bits per heavy atom. The van der Waals surface area contributed by atoms with Crippen LogP contribution in [0.5, 0.6) is 5.75 Å². The molecule has 1 aliphatic heterocycles. The fourth-order valence-corrected chi connectivity index (χ4v) is 2.97. The molecule has 3 rings (SSSR count). The van der Waals surface area contributed by atoms with Gasteiger partial charge in [-0.3, -0.25) is 9.59 Å². The van der Waals surface area contributed by atoms with Gasteiger partial charge in [0.2, 0.25) is 0 Å². The number of hydrogen-bond acceptors (Lipinski definition) is 4. The first-order valence-electron chi connectivity index (χ1n) is 7.57. The summed E-state index contributed by atoms with van der Waals surface area (Å²) in [6, 6.07) is 12.7. The van der Waals surface area contributed by atoms with Gasteiger partial charge in [0.15, 0.2) is 6.10 Å². The summed E-state index contributed by atoms with van der Waals surface area (Å²) in [5.74, 6) is 1.08. The zero-order valence-electron chi connectivity index (χ0n) is 13.5. The summed E-state index contributed by atoms with van der Waals surface area (Å²) >= 11 is 1.71.